The highest BCUT2D eigenvalue weighted by Gasteiger charge is 2.31. The van der Waals surface area contributed by atoms with Gasteiger partial charge < -0.3 is 15.5 Å². The van der Waals surface area contributed by atoms with E-state index in [-0.39, 0.29) is 35.9 Å². The van der Waals surface area contributed by atoms with Gasteiger partial charge in [0.05, 0.1) is 4.91 Å². The summed E-state index contributed by atoms with van der Waals surface area (Å²) < 4.78 is 0.401. The lowest BCUT2D eigenvalue weighted by molar-refractivity contribution is -0.122. The second kappa shape index (κ2) is 9.21. The number of thiophene rings is 1. The second-order valence-electron chi connectivity index (χ2n) is 6.01. The highest BCUT2D eigenvalue weighted by atomic mass is 32.2. The van der Waals surface area contributed by atoms with Crippen LogP contribution in [0.1, 0.15) is 21.7 Å². The Labute approximate surface area is 180 Å². The first-order valence-electron chi connectivity index (χ1n) is 8.47. The van der Waals surface area contributed by atoms with Gasteiger partial charge in [-0.3, -0.25) is 14.5 Å². The van der Waals surface area contributed by atoms with Crippen LogP contribution >= 0.6 is 35.3 Å². The number of anilines is 1. The SMILES string of the molecule is O=C(CCN1C(=O)/C(=C/Cc2cccs2)SC1=S)Nc1ccc(O)c(C(=O)O)c1. The van der Waals surface area contributed by atoms with Gasteiger partial charge in [0.15, 0.2) is 0 Å². The molecule has 0 saturated carbocycles. The van der Waals surface area contributed by atoms with E-state index in [1.165, 1.54) is 34.9 Å². The molecule has 0 aliphatic carbocycles. The number of amides is 2. The molecule has 1 aromatic heterocycles. The van der Waals surface area contributed by atoms with E-state index < -0.39 is 11.9 Å². The lowest BCUT2D eigenvalue weighted by atomic mass is 10.1. The van der Waals surface area contributed by atoms with Gasteiger partial charge in [-0.15, -0.1) is 11.3 Å². The van der Waals surface area contributed by atoms with Crippen LogP contribution in [0.5, 0.6) is 5.75 Å². The molecule has 0 atom stereocenters. The number of carbonyl (C=O) groups is 3. The highest BCUT2D eigenvalue weighted by Crippen LogP contribution is 2.31. The summed E-state index contributed by atoms with van der Waals surface area (Å²) in [7, 11) is 0. The van der Waals surface area contributed by atoms with Crippen molar-refractivity contribution >= 4 is 63.1 Å². The molecule has 0 bridgehead atoms. The number of carboxylic acids is 1. The number of thiocarbonyl (C=S) groups is 1. The number of hydrogen-bond donors (Lipinski definition) is 3. The van der Waals surface area contributed by atoms with Crippen molar-refractivity contribution in [2.24, 2.45) is 0 Å². The van der Waals surface area contributed by atoms with Gasteiger partial charge in [-0.05, 0) is 29.6 Å². The molecule has 1 saturated heterocycles. The third-order valence-corrected chi connectivity index (χ3v) is 6.34. The molecule has 0 unspecified atom stereocenters. The number of phenols is 1. The number of nitrogens with zero attached hydrogens (tertiary/aromatic N) is 1. The number of carboxylic acid groups (broad SMARTS) is 1. The van der Waals surface area contributed by atoms with Crippen LogP contribution in [0, 0.1) is 0 Å². The van der Waals surface area contributed by atoms with Gasteiger partial charge in [-0.2, -0.15) is 0 Å². The highest BCUT2D eigenvalue weighted by molar-refractivity contribution is 8.26. The van der Waals surface area contributed by atoms with Gasteiger partial charge in [0.25, 0.3) is 5.91 Å². The molecule has 1 aliphatic heterocycles. The first-order chi connectivity index (χ1) is 13.8. The minimum atomic E-state index is -1.30. The number of carbonyl (C=O) groups excluding carboxylic acids is 2. The largest absolute Gasteiger partial charge is 0.507 e. The van der Waals surface area contributed by atoms with Crippen LogP contribution in [0.4, 0.5) is 5.69 Å². The molecular weight excluding hydrogens is 432 g/mol. The van der Waals surface area contributed by atoms with Crippen molar-refractivity contribution in [1.29, 1.82) is 0 Å². The lowest BCUT2D eigenvalue weighted by Crippen LogP contribution is -2.31. The number of thioether (sulfide) groups is 1. The van der Waals surface area contributed by atoms with Crippen LogP contribution in [-0.4, -0.2) is 43.8 Å². The smallest absolute Gasteiger partial charge is 0.339 e. The average Bonchev–Trinajstić information content (AvgIpc) is 3.28. The fourth-order valence-corrected chi connectivity index (χ4v) is 4.52. The quantitative estimate of drug-likeness (QED) is 0.338. The molecule has 150 valence electrons. The summed E-state index contributed by atoms with van der Waals surface area (Å²) in [6.07, 6.45) is 2.48. The van der Waals surface area contributed by atoms with Crippen LogP contribution in [-0.2, 0) is 16.0 Å². The first kappa shape index (κ1) is 21.0. The molecule has 29 heavy (non-hydrogen) atoms. The fourth-order valence-electron chi connectivity index (χ4n) is 2.57. The number of hydrogen-bond acceptors (Lipinski definition) is 7. The maximum Gasteiger partial charge on any atom is 0.339 e. The molecule has 2 heterocycles. The standard InChI is InChI=1S/C19H16N2O5S3/c22-14-5-3-11(10-13(14)18(25)26)20-16(23)7-8-21-17(24)15(29-19(21)27)6-4-12-2-1-9-28-12/h1-3,5-6,9-10,22H,4,7-8H2,(H,20,23)(H,25,26)/b15-6-. The van der Waals surface area contributed by atoms with E-state index in [2.05, 4.69) is 5.32 Å². The maximum atomic E-state index is 12.5. The summed E-state index contributed by atoms with van der Waals surface area (Å²) >= 11 is 8.08. The Morgan fingerprint density at radius 1 is 1.28 bits per heavy atom. The van der Waals surface area contributed by atoms with E-state index in [0.717, 1.165) is 4.88 Å². The van der Waals surface area contributed by atoms with E-state index in [1.807, 2.05) is 23.6 Å². The predicted molar refractivity (Wildman–Crippen MR) is 116 cm³/mol. The summed E-state index contributed by atoms with van der Waals surface area (Å²) in [6, 6.07) is 7.70. The molecular formula is C19H16N2O5S3. The van der Waals surface area contributed by atoms with E-state index in [0.29, 0.717) is 15.6 Å². The Bertz CT molecular complexity index is 1000. The monoisotopic (exact) mass is 448 g/mol. The summed E-state index contributed by atoms with van der Waals surface area (Å²) in [4.78, 5) is 38.9. The summed E-state index contributed by atoms with van der Waals surface area (Å²) in [5.41, 5.74) is -0.0675. The normalized spacial score (nSPS) is 15.2. The Kier molecular flexibility index (Phi) is 6.68. The Hall–Kier alpha value is -2.69. The van der Waals surface area contributed by atoms with Crippen molar-refractivity contribution in [1.82, 2.24) is 4.90 Å². The summed E-state index contributed by atoms with van der Waals surface area (Å²) in [5.74, 6) is -2.31. The first-order valence-corrected chi connectivity index (χ1v) is 10.6. The van der Waals surface area contributed by atoms with Crippen LogP contribution in [0.2, 0.25) is 0 Å². The summed E-state index contributed by atoms with van der Waals surface area (Å²) in [6.45, 7) is 0.122. The van der Waals surface area contributed by atoms with E-state index in [4.69, 9.17) is 17.3 Å². The predicted octanol–water partition coefficient (Wildman–Crippen LogP) is 3.47. The van der Waals surface area contributed by atoms with Crippen LogP contribution < -0.4 is 5.32 Å². The van der Waals surface area contributed by atoms with E-state index in [9.17, 15) is 19.5 Å². The molecule has 1 aromatic carbocycles. The number of allylic oxidation sites excluding steroid dienone is 1. The molecule has 10 heteroatoms. The van der Waals surface area contributed by atoms with Gasteiger partial charge in [-0.1, -0.05) is 36.1 Å². The third-order valence-electron chi connectivity index (χ3n) is 4.02. The second-order valence-corrected chi connectivity index (χ2v) is 8.72. The van der Waals surface area contributed by atoms with E-state index in [1.54, 1.807) is 11.3 Å². The Morgan fingerprint density at radius 3 is 2.76 bits per heavy atom. The van der Waals surface area contributed by atoms with Gasteiger partial charge in [-0.25, -0.2) is 4.79 Å². The maximum absolute atomic E-state index is 12.5. The number of benzene rings is 1. The average molecular weight is 449 g/mol. The molecule has 0 spiro atoms. The zero-order chi connectivity index (χ0) is 21.0. The van der Waals surface area contributed by atoms with Crippen molar-refractivity contribution in [3.8, 4) is 5.75 Å². The molecule has 7 nitrogen and oxygen atoms in total. The molecule has 1 fully saturated rings. The van der Waals surface area contributed by atoms with Gasteiger partial charge in [0.2, 0.25) is 5.91 Å². The minimum absolute atomic E-state index is 0.00603. The Balaban J connectivity index is 1.56. The van der Waals surface area contributed by atoms with Gasteiger partial charge in [0.1, 0.15) is 15.6 Å². The molecule has 2 aromatic rings. The molecule has 3 N–H and O–H groups in total. The number of nitrogens with one attached hydrogen (secondary N) is 1. The van der Waals surface area contributed by atoms with Crippen LogP contribution in [0.3, 0.4) is 0 Å². The lowest BCUT2D eigenvalue weighted by Gasteiger charge is -2.14. The number of aromatic carboxylic acids is 1. The van der Waals surface area contributed by atoms with Crippen LogP contribution in [0.25, 0.3) is 0 Å². The van der Waals surface area contributed by atoms with Gasteiger partial charge in [0, 0.05) is 30.0 Å². The number of rotatable bonds is 7. The fraction of sp³-hybridized carbons (Fsp3) is 0.158. The van der Waals surface area contributed by atoms with Crippen molar-refractivity contribution in [2.45, 2.75) is 12.8 Å². The van der Waals surface area contributed by atoms with Crippen LogP contribution in [0.15, 0.2) is 46.7 Å². The van der Waals surface area contributed by atoms with Crippen molar-refractivity contribution < 1.29 is 24.6 Å². The minimum Gasteiger partial charge on any atom is -0.507 e. The topological polar surface area (TPSA) is 107 Å². The zero-order valence-electron chi connectivity index (χ0n) is 15.0. The Morgan fingerprint density at radius 2 is 2.07 bits per heavy atom. The molecule has 3 rings (SSSR count). The van der Waals surface area contributed by atoms with Crippen molar-refractivity contribution in [2.75, 3.05) is 11.9 Å². The summed E-state index contributed by atoms with van der Waals surface area (Å²) in [5, 5.41) is 23.1. The molecule has 0 radical (unpaired) electrons. The zero-order valence-corrected chi connectivity index (χ0v) is 17.4. The van der Waals surface area contributed by atoms with Crippen molar-refractivity contribution in [3.05, 3.63) is 57.1 Å². The molecule has 2 amide bonds. The van der Waals surface area contributed by atoms with Crippen molar-refractivity contribution in [3.63, 3.8) is 0 Å². The van der Waals surface area contributed by atoms with E-state index >= 15 is 0 Å². The van der Waals surface area contributed by atoms with Gasteiger partial charge >= 0.3 is 5.97 Å². The third kappa shape index (κ3) is 5.22. The molecule has 1 aliphatic rings. The number of aromatic hydroxyl groups is 1.